The average Bonchev–Trinajstić information content (AvgIpc) is 3.70. The molecule has 6 rings (SSSR count). The number of rotatable bonds is 5. The molecule has 4 heterocycles. The van der Waals surface area contributed by atoms with E-state index in [0.717, 1.165) is 43.6 Å². The van der Waals surface area contributed by atoms with Crippen molar-refractivity contribution in [3.63, 3.8) is 0 Å². The fourth-order valence-corrected chi connectivity index (χ4v) is 5.98. The number of pyridine rings is 1. The molecule has 41 heavy (non-hydrogen) atoms. The van der Waals surface area contributed by atoms with Gasteiger partial charge in [0, 0.05) is 55.3 Å². The maximum Gasteiger partial charge on any atom is 0.573 e. The number of nitrogen functional groups attached to an aromatic ring is 1. The molecule has 9 nitrogen and oxygen atoms in total. The molecule has 2 saturated heterocycles. The van der Waals surface area contributed by atoms with Gasteiger partial charge < -0.3 is 25.3 Å². The molecule has 2 aromatic heterocycles. The zero-order valence-electron chi connectivity index (χ0n) is 22.2. The highest BCUT2D eigenvalue weighted by Crippen LogP contribution is 2.37. The maximum atomic E-state index is 15.2. The van der Waals surface area contributed by atoms with Crippen LogP contribution in [0.2, 0.25) is 0 Å². The number of nitrogens with one attached hydrogen (secondary N) is 1. The van der Waals surface area contributed by atoms with Gasteiger partial charge in [-0.2, -0.15) is 0 Å². The number of aromatic amines is 1. The summed E-state index contributed by atoms with van der Waals surface area (Å²) in [5, 5.41) is 0. The number of fused-ring (bicyclic) bond motifs is 1. The predicted molar refractivity (Wildman–Crippen MR) is 141 cm³/mol. The molecule has 218 valence electrons. The van der Waals surface area contributed by atoms with E-state index in [-0.39, 0.29) is 34.9 Å². The number of nitrogens with zero attached hydrogens (tertiary/aromatic N) is 4. The third-order valence-electron chi connectivity index (χ3n) is 8.32. The number of anilines is 1. The van der Waals surface area contributed by atoms with Crippen LogP contribution < -0.4 is 10.5 Å². The van der Waals surface area contributed by atoms with E-state index in [0.29, 0.717) is 55.7 Å². The molecule has 0 radical (unpaired) electrons. The number of carbonyl (C=O) groups excluding carboxylic acids is 2. The molecule has 0 spiro atoms. The zero-order valence-corrected chi connectivity index (χ0v) is 22.2. The summed E-state index contributed by atoms with van der Waals surface area (Å²) in [5.41, 5.74) is 7.31. The number of hydrogen-bond donors (Lipinski definition) is 2. The summed E-state index contributed by atoms with van der Waals surface area (Å²) in [6.45, 7) is 2.00. The Balaban J connectivity index is 1.13. The van der Waals surface area contributed by atoms with Crippen LogP contribution in [0.15, 0.2) is 24.4 Å². The van der Waals surface area contributed by atoms with Gasteiger partial charge in [-0.05, 0) is 56.6 Å². The molecule has 1 aromatic carbocycles. The second kappa shape index (κ2) is 10.5. The highest BCUT2D eigenvalue weighted by molar-refractivity contribution is 5.99. The summed E-state index contributed by atoms with van der Waals surface area (Å²) in [5.74, 6) is -0.232. The molecule has 13 heteroatoms. The lowest BCUT2D eigenvalue weighted by Crippen LogP contribution is -2.39. The number of carbonyl (C=O) groups is 2. The molecular formula is C28H30F4N6O3. The number of imidazole rings is 1. The topological polar surface area (TPSA) is 117 Å². The second-order valence-corrected chi connectivity index (χ2v) is 11.1. The van der Waals surface area contributed by atoms with Crippen molar-refractivity contribution in [2.75, 3.05) is 31.9 Å². The lowest BCUT2D eigenvalue weighted by Gasteiger charge is -2.32. The molecular weight excluding hydrogens is 544 g/mol. The summed E-state index contributed by atoms with van der Waals surface area (Å²) < 4.78 is 56.5. The van der Waals surface area contributed by atoms with Crippen LogP contribution in [0.3, 0.4) is 0 Å². The van der Waals surface area contributed by atoms with Gasteiger partial charge in [0.1, 0.15) is 22.9 Å². The number of likely N-dealkylation sites (tertiary alicyclic amines) is 2. The molecule has 0 bridgehead atoms. The van der Waals surface area contributed by atoms with Gasteiger partial charge in [0.25, 0.3) is 5.91 Å². The minimum absolute atomic E-state index is 0.0808. The van der Waals surface area contributed by atoms with Crippen LogP contribution in [0.1, 0.15) is 72.1 Å². The van der Waals surface area contributed by atoms with Crippen molar-refractivity contribution in [1.29, 1.82) is 0 Å². The number of piperidine rings is 2. The van der Waals surface area contributed by atoms with Gasteiger partial charge in [0.15, 0.2) is 5.65 Å². The molecule has 0 atom stereocenters. The SMILES string of the molecule is Nc1cc(OC(F)(F)F)ccc1C(=O)N1CCC(c2c(F)cnc3[nH]c(C4CCN(C(=O)C5CC5)CC4)nc23)CC1. The van der Waals surface area contributed by atoms with E-state index in [4.69, 9.17) is 10.7 Å². The Bertz CT molecular complexity index is 1470. The van der Waals surface area contributed by atoms with Crippen LogP contribution in [0.5, 0.6) is 5.75 Å². The molecule has 2 amide bonds. The van der Waals surface area contributed by atoms with Gasteiger partial charge in [0.05, 0.1) is 11.8 Å². The first-order valence-corrected chi connectivity index (χ1v) is 13.8. The number of halogens is 4. The minimum atomic E-state index is -4.86. The Kier molecular flexibility index (Phi) is 6.98. The second-order valence-electron chi connectivity index (χ2n) is 11.1. The maximum absolute atomic E-state index is 15.2. The molecule has 3 aromatic rings. The van der Waals surface area contributed by atoms with E-state index in [9.17, 15) is 22.8 Å². The van der Waals surface area contributed by atoms with Crippen molar-refractivity contribution in [2.45, 2.75) is 56.7 Å². The van der Waals surface area contributed by atoms with Gasteiger partial charge in [-0.3, -0.25) is 9.59 Å². The molecule has 3 fully saturated rings. The van der Waals surface area contributed by atoms with Gasteiger partial charge in [0.2, 0.25) is 5.91 Å². The van der Waals surface area contributed by atoms with E-state index in [2.05, 4.69) is 14.7 Å². The van der Waals surface area contributed by atoms with Gasteiger partial charge >= 0.3 is 6.36 Å². The number of hydrogen-bond acceptors (Lipinski definition) is 6. The molecule has 1 aliphatic carbocycles. The summed E-state index contributed by atoms with van der Waals surface area (Å²) in [4.78, 5) is 41.3. The third kappa shape index (κ3) is 5.66. The summed E-state index contributed by atoms with van der Waals surface area (Å²) >= 11 is 0. The summed E-state index contributed by atoms with van der Waals surface area (Å²) in [6, 6.07) is 3.24. The first-order chi connectivity index (χ1) is 19.6. The quantitative estimate of drug-likeness (QED) is 0.337. The fraction of sp³-hybridized carbons (Fsp3) is 0.500. The number of aromatic nitrogens is 3. The van der Waals surface area contributed by atoms with Gasteiger partial charge in [-0.1, -0.05) is 0 Å². The number of alkyl halides is 3. The lowest BCUT2D eigenvalue weighted by molar-refractivity contribution is -0.274. The number of benzene rings is 1. The van der Waals surface area contributed by atoms with E-state index in [1.807, 2.05) is 4.90 Å². The van der Waals surface area contributed by atoms with Crippen molar-refractivity contribution >= 4 is 28.7 Å². The smallest absolute Gasteiger partial charge is 0.406 e. The van der Waals surface area contributed by atoms with Crippen molar-refractivity contribution in [1.82, 2.24) is 24.8 Å². The van der Waals surface area contributed by atoms with Gasteiger partial charge in [-0.25, -0.2) is 14.4 Å². The van der Waals surface area contributed by atoms with Crippen LogP contribution in [-0.4, -0.2) is 69.1 Å². The van der Waals surface area contributed by atoms with Crippen LogP contribution >= 0.6 is 0 Å². The number of H-pyrrole nitrogens is 1. The van der Waals surface area contributed by atoms with Crippen LogP contribution in [0.25, 0.3) is 11.2 Å². The number of nitrogens with two attached hydrogens (primary N) is 1. The Morgan fingerprint density at radius 2 is 1.63 bits per heavy atom. The molecule has 1 saturated carbocycles. The first-order valence-electron chi connectivity index (χ1n) is 13.8. The first kappa shape index (κ1) is 27.3. The van der Waals surface area contributed by atoms with E-state index < -0.39 is 23.8 Å². The fourth-order valence-electron chi connectivity index (χ4n) is 5.98. The summed E-state index contributed by atoms with van der Waals surface area (Å²) in [7, 11) is 0. The van der Waals surface area contributed by atoms with Crippen molar-refractivity contribution in [3.8, 4) is 5.75 Å². The van der Waals surface area contributed by atoms with E-state index in [1.54, 1.807) is 4.90 Å². The Morgan fingerprint density at radius 3 is 2.27 bits per heavy atom. The normalized spacial score (nSPS) is 19.1. The van der Waals surface area contributed by atoms with Crippen LogP contribution in [0, 0.1) is 11.7 Å². The van der Waals surface area contributed by atoms with Crippen LogP contribution in [0.4, 0.5) is 23.2 Å². The van der Waals surface area contributed by atoms with Gasteiger partial charge in [-0.15, -0.1) is 13.2 Å². The minimum Gasteiger partial charge on any atom is -0.406 e. The standard InChI is InChI=1S/C28H30F4N6O3/c29-20-14-34-25-23(35-24(36-25)16-7-11-37(12-8-16)26(39)17-1-2-17)22(20)15-5-9-38(10-6-15)27(40)19-4-3-18(13-21(19)33)41-28(30,31)32/h3-4,13-17H,1-2,5-12,33H2,(H,34,35,36). The summed E-state index contributed by atoms with van der Waals surface area (Å²) in [6.07, 6.45) is 0.804. The molecule has 0 unspecified atom stereocenters. The number of ether oxygens (including phenoxy) is 1. The van der Waals surface area contributed by atoms with Crippen LogP contribution in [-0.2, 0) is 4.79 Å². The largest absolute Gasteiger partial charge is 0.573 e. The van der Waals surface area contributed by atoms with E-state index >= 15 is 4.39 Å². The predicted octanol–water partition coefficient (Wildman–Crippen LogP) is 4.71. The van der Waals surface area contributed by atoms with E-state index in [1.165, 1.54) is 12.3 Å². The highest BCUT2D eigenvalue weighted by atomic mass is 19.4. The molecule has 3 N–H and O–H groups in total. The lowest BCUT2D eigenvalue weighted by atomic mass is 9.88. The van der Waals surface area contributed by atoms with Crippen molar-refractivity contribution in [2.24, 2.45) is 5.92 Å². The van der Waals surface area contributed by atoms with Crippen molar-refractivity contribution in [3.05, 3.63) is 47.2 Å². The Morgan fingerprint density at radius 1 is 0.976 bits per heavy atom. The number of amides is 2. The Labute approximate surface area is 233 Å². The molecule has 2 aliphatic heterocycles. The third-order valence-corrected chi connectivity index (χ3v) is 8.32. The van der Waals surface area contributed by atoms with Crippen molar-refractivity contribution < 1.29 is 31.9 Å². The Hall–Kier alpha value is -3.90. The monoisotopic (exact) mass is 574 g/mol. The molecule has 3 aliphatic rings. The highest BCUT2D eigenvalue weighted by Gasteiger charge is 2.36. The average molecular weight is 575 g/mol. The zero-order chi connectivity index (χ0) is 28.9.